The van der Waals surface area contributed by atoms with Crippen molar-refractivity contribution in [1.82, 2.24) is 20.1 Å². The average molecular weight is 503 g/mol. The van der Waals surface area contributed by atoms with Crippen molar-refractivity contribution in [2.45, 2.75) is 51.1 Å². The highest BCUT2D eigenvalue weighted by Crippen LogP contribution is 2.30. The third-order valence-corrected chi connectivity index (χ3v) is 6.81. The number of rotatable bonds is 8. The average Bonchev–Trinajstić information content (AvgIpc) is 3.27. The number of nitrogens with zero attached hydrogens (tertiary/aromatic N) is 3. The Kier molecular flexibility index (Phi) is 7.89. The van der Waals surface area contributed by atoms with Gasteiger partial charge in [0.1, 0.15) is 5.82 Å². The van der Waals surface area contributed by atoms with E-state index in [1.807, 2.05) is 86.9 Å². The molecule has 36 heavy (non-hydrogen) atoms. The van der Waals surface area contributed by atoms with Crippen molar-refractivity contribution in [2.75, 3.05) is 0 Å². The topological polar surface area (TPSA) is 59.8 Å². The zero-order valence-electron chi connectivity index (χ0n) is 21.0. The third-order valence-electron chi connectivity index (χ3n) is 5.81. The highest BCUT2D eigenvalue weighted by molar-refractivity contribution is 7.98. The molecule has 1 unspecified atom stereocenters. The smallest absolute Gasteiger partial charge is 0.225 e. The highest BCUT2D eigenvalue weighted by atomic mass is 32.2. The molecule has 1 atom stereocenters. The van der Waals surface area contributed by atoms with E-state index in [1.54, 1.807) is 12.1 Å². The summed E-state index contributed by atoms with van der Waals surface area (Å²) in [6.45, 7) is 7.74. The van der Waals surface area contributed by atoms with E-state index in [9.17, 15) is 9.18 Å². The van der Waals surface area contributed by atoms with Crippen LogP contribution < -0.4 is 5.32 Å². The first kappa shape index (κ1) is 25.6. The van der Waals surface area contributed by atoms with E-state index in [1.165, 1.54) is 23.9 Å². The van der Waals surface area contributed by atoms with Crippen molar-refractivity contribution < 1.29 is 9.18 Å². The zero-order chi connectivity index (χ0) is 25.7. The van der Waals surface area contributed by atoms with Gasteiger partial charge in [0, 0.05) is 16.9 Å². The molecular formula is C29H31FN4OS. The Bertz CT molecular complexity index is 1300. The van der Waals surface area contributed by atoms with Crippen molar-refractivity contribution in [1.29, 1.82) is 0 Å². The minimum Gasteiger partial charge on any atom is -0.345 e. The first-order chi connectivity index (χ1) is 17.2. The summed E-state index contributed by atoms with van der Waals surface area (Å²) >= 11 is 1.53. The molecule has 0 spiro atoms. The maximum Gasteiger partial charge on any atom is 0.225 e. The lowest BCUT2D eigenvalue weighted by atomic mass is 9.94. The summed E-state index contributed by atoms with van der Waals surface area (Å²) in [5, 5.41) is 13.1. The molecule has 0 aliphatic carbocycles. The van der Waals surface area contributed by atoms with E-state index < -0.39 is 5.41 Å². The van der Waals surface area contributed by atoms with Crippen LogP contribution in [-0.2, 0) is 17.0 Å². The molecule has 1 heterocycles. The standard InChI is InChI=1S/C29H31FN4OS/c1-20-10-16-24(17-11-20)34-26(32-33-28(34)36-19-22-12-14-23(30)15-13-22)25(31-27(35)29(2,3)4)18-21-8-6-5-7-9-21/h5-17,25H,18-19H2,1-4H3,(H,31,35). The Hall–Kier alpha value is -3.45. The minimum atomic E-state index is -0.552. The summed E-state index contributed by atoms with van der Waals surface area (Å²) in [4.78, 5) is 13.1. The van der Waals surface area contributed by atoms with Gasteiger partial charge in [-0.05, 0) is 48.7 Å². The molecule has 5 nitrogen and oxygen atoms in total. The van der Waals surface area contributed by atoms with Gasteiger partial charge in [0.05, 0.1) is 6.04 Å². The highest BCUT2D eigenvalue weighted by Gasteiger charge is 2.29. The number of amides is 1. The molecule has 0 saturated heterocycles. The molecule has 0 saturated carbocycles. The fraction of sp³-hybridized carbons (Fsp3) is 0.276. The number of nitrogens with one attached hydrogen (secondary N) is 1. The monoisotopic (exact) mass is 502 g/mol. The molecular weight excluding hydrogens is 471 g/mol. The van der Waals surface area contributed by atoms with Crippen LogP contribution in [0.2, 0.25) is 0 Å². The van der Waals surface area contributed by atoms with Gasteiger partial charge < -0.3 is 5.32 Å². The zero-order valence-corrected chi connectivity index (χ0v) is 21.8. The van der Waals surface area contributed by atoms with Crippen LogP contribution in [0.1, 0.15) is 49.3 Å². The van der Waals surface area contributed by atoms with Gasteiger partial charge >= 0.3 is 0 Å². The lowest BCUT2D eigenvalue weighted by molar-refractivity contribution is -0.129. The van der Waals surface area contributed by atoms with Gasteiger partial charge in [0.15, 0.2) is 11.0 Å². The summed E-state index contributed by atoms with van der Waals surface area (Å²) in [5.41, 5.74) is 3.60. The van der Waals surface area contributed by atoms with Crippen molar-refractivity contribution in [3.63, 3.8) is 0 Å². The summed E-state index contributed by atoms with van der Waals surface area (Å²) in [5.74, 6) is 0.971. The van der Waals surface area contributed by atoms with E-state index >= 15 is 0 Å². The molecule has 3 aromatic carbocycles. The van der Waals surface area contributed by atoms with E-state index in [2.05, 4.69) is 15.5 Å². The minimum absolute atomic E-state index is 0.0533. The van der Waals surface area contributed by atoms with Gasteiger partial charge in [-0.15, -0.1) is 10.2 Å². The first-order valence-electron chi connectivity index (χ1n) is 12.0. The van der Waals surface area contributed by atoms with Gasteiger partial charge in [0.2, 0.25) is 5.91 Å². The predicted octanol–water partition coefficient (Wildman–Crippen LogP) is 6.45. The van der Waals surface area contributed by atoms with Crippen LogP contribution in [0.4, 0.5) is 4.39 Å². The Morgan fingerprint density at radius 1 is 0.944 bits per heavy atom. The molecule has 4 rings (SSSR count). The molecule has 0 radical (unpaired) electrons. The van der Waals surface area contributed by atoms with Gasteiger partial charge in [0.25, 0.3) is 0 Å². The number of carbonyl (C=O) groups excluding carboxylic acids is 1. The van der Waals surface area contributed by atoms with Gasteiger partial charge in [-0.1, -0.05) is 92.7 Å². The number of benzene rings is 3. The maximum absolute atomic E-state index is 13.4. The molecule has 1 aromatic heterocycles. The van der Waals surface area contributed by atoms with Crippen LogP contribution in [0.25, 0.3) is 5.69 Å². The summed E-state index contributed by atoms with van der Waals surface area (Å²) < 4.78 is 15.4. The molecule has 1 amide bonds. The SMILES string of the molecule is Cc1ccc(-n2c(SCc3ccc(F)cc3)nnc2C(Cc2ccccc2)NC(=O)C(C)(C)C)cc1. The Labute approximate surface area is 216 Å². The fourth-order valence-electron chi connectivity index (χ4n) is 3.70. The second-order valence-corrected chi connectivity index (χ2v) is 10.8. The predicted molar refractivity (Wildman–Crippen MR) is 143 cm³/mol. The lowest BCUT2D eigenvalue weighted by Crippen LogP contribution is -2.39. The van der Waals surface area contributed by atoms with E-state index in [-0.39, 0.29) is 17.8 Å². The van der Waals surface area contributed by atoms with E-state index in [0.29, 0.717) is 23.2 Å². The number of halogens is 1. The maximum atomic E-state index is 13.4. The molecule has 4 aromatic rings. The molecule has 0 aliphatic rings. The fourth-order valence-corrected chi connectivity index (χ4v) is 4.61. The van der Waals surface area contributed by atoms with E-state index in [4.69, 9.17) is 0 Å². The van der Waals surface area contributed by atoms with Gasteiger partial charge in [-0.25, -0.2) is 4.39 Å². The van der Waals surface area contributed by atoms with Crippen molar-refractivity contribution in [2.24, 2.45) is 5.41 Å². The van der Waals surface area contributed by atoms with E-state index in [0.717, 1.165) is 22.4 Å². The van der Waals surface area contributed by atoms with Crippen LogP contribution in [0.15, 0.2) is 84.0 Å². The normalized spacial score (nSPS) is 12.4. The second-order valence-electron chi connectivity index (χ2n) is 9.89. The molecule has 0 bridgehead atoms. The number of hydrogen-bond acceptors (Lipinski definition) is 4. The molecule has 0 fully saturated rings. The van der Waals surface area contributed by atoms with Gasteiger partial charge in [-0.3, -0.25) is 9.36 Å². The number of carbonyl (C=O) groups is 1. The molecule has 7 heteroatoms. The molecule has 0 aliphatic heterocycles. The number of hydrogen-bond donors (Lipinski definition) is 1. The molecule has 1 N–H and O–H groups in total. The van der Waals surface area contributed by atoms with Crippen LogP contribution in [-0.4, -0.2) is 20.7 Å². The summed E-state index contributed by atoms with van der Waals surface area (Å²) in [6, 6.07) is 24.3. The van der Waals surface area contributed by atoms with Gasteiger partial charge in [-0.2, -0.15) is 0 Å². The summed E-state index contributed by atoms with van der Waals surface area (Å²) in [7, 11) is 0. The Balaban J connectivity index is 1.74. The Morgan fingerprint density at radius 3 is 2.25 bits per heavy atom. The second kappa shape index (κ2) is 11.1. The van der Waals surface area contributed by atoms with Crippen molar-refractivity contribution in [3.8, 4) is 5.69 Å². The number of aromatic nitrogens is 3. The summed E-state index contributed by atoms with van der Waals surface area (Å²) in [6.07, 6.45) is 0.579. The van der Waals surface area contributed by atoms with Crippen LogP contribution in [0.3, 0.4) is 0 Å². The first-order valence-corrected chi connectivity index (χ1v) is 12.9. The van der Waals surface area contributed by atoms with Crippen LogP contribution in [0, 0.1) is 18.2 Å². The van der Waals surface area contributed by atoms with Crippen molar-refractivity contribution >= 4 is 17.7 Å². The van der Waals surface area contributed by atoms with Crippen molar-refractivity contribution in [3.05, 3.63) is 107 Å². The van der Waals surface area contributed by atoms with Crippen LogP contribution >= 0.6 is 11.8 Å². The number of aryl methyl sites for hydroxylation is 1. The largest absolute Gasteiger partial charge is 0.345 e. The quantitative estimate of drug-likeness (QED) is 0.281. The lowest BCUT2D eigenvalue weighted by Gasteiger charge is -2.25. The Morgan fingerprint density at radius 2 is 1.61 bits per heavy atom. The number of thioether (sulfide) groups is 1. The van der Waals surface area contributed by atoms with Crippen LogP contribution in [0.5, 0.6) is 0 Å². The third kappa shape index (κ3) is 6.40. The molecule has 186 valence electrons.